The SMILES string of the molecule is Cc1cc([N+](=O)[O-])c(S(=O)(=O)N2CCC(C)CC2CN)cc1C. The first-order valence-electron chi connectivity index (χ1n) is 7.66. The van der Waals surface area contributed by atoms with Crippen molar-refractivity contribution in [3.05, 3.63) is 33.4 Å². The molecule has 1 saturated heterocycles. The maximum Gasteiger partial charge on any atom is 0.289 e. The van der Waals surface area contributed by atoms with E-state index in [0.717, 1.165) is 6.42 Å². The Hall–Kier alpha value is -1.51. The zero-order valence-corrected chi connectivity index (χ0v) is 14.5. The van der Waals surface area contributed by atoms with E-state index in [-0.39, 0.29) is 23.2 Å². The molecule has 2 rings (SSSR count). The van der Waals surface area contributed by atoms with Crippen LogP contribution in [0.25, 0.3) is 0 Å². The fraction of sp³-hybridized carbons (Fsp3) is 0.600. The molecule has 0 aromatic heterocycles. The van der Waals surface area contributed by atoms with Gasteiger partial charge in [-0.15, -0.1) is 0 Å². The molecule has 8 heteroatoms. The predicted octanol–water partition coefficient (Wildman–Crippen LogP) is 1.96. The minimum Gasteiger partial charge on any atom is -0.329 e. The van der Waals surface area contributed by atoms with E-state index in [1.165, 1.54) is 16.4 Å². The Morgan fingerprint density at radius 1 is 1.35 bits per heavy atom. The topological polar surface area (TPSA) is 107 Å². The number of sulfonamides is 1. The van der Waals surface area contributed by atoms with Gasteiger partial charge in [0, 0.05) is 25.2 Å². The summed E-state index contributed by atoms with van der Waals surface area (Å²) in [7, 11) is -3.95. The van der Waals surface area contributed by atoms with Crippen molar-refractivity contribution >= 4 is 15.7 Å². The van der Waals surface area contributed by atoms with E-state index in [1.807, 2.05) is 0 Å². The van der Waals surface area contributed by atoms with Gasteiger partial charge in [-0.25, -0.2) is 8.42 Å². The van der Waals surface area contributed by atoms with Gasteiger partial charge in [0.15, 0.2) is 4.90 Å². The maximum absolute atomic E-state index is 13.0. The summed E-state index contributed by atoms with van der Waals surface area (Å²) in [5, 5.41) is 11.3. The van der Waals surface area contributed by atoms with Crippen LogP contribution in [0.1, 0.15) is 30.9 Å². The smallest absolute Gasteiger partial charge is 0.289 e. The molecule has 0 aliphatic carbocycles. The highest BCUT2D eigenvalue weighted by Gasteiger charge is 2.38. The molecule has 1 aromatic rings. The van der Waals surface area contributed by atoms with Gasteiger partial charge < -0.3 is 5.73 Å². The molecular weight excluding hydrogens is 318 g/mol. The first-order chi connectivity index (χ1) is 10.7. The molecule has 2 N–H and O–H groups in total. The Kier molecular flexibility index (Phi) is 5.07. The van der Waals surface area contributed by atoms with Crippen LogP contribution in [0, 0.1) is 29.9 Å². The van der Waals surface area contributed by atoms with E-state index >= 15 is 0 Å². The lowest BCUT2D eigenvalue weighted by atomic mass is 9.94. The van der Waals surface area contributed by atoms with Crippen LogP contribution < -0.4 is 5.73 Å². The largest absolute Gasteiger partial charge is 0.329 e. The average molecular weight is 341 g/mol. The number of hydrogen-bond donors (Lipinski definition) is 1. The monoisotopic (exact) mass is 341 g/mol. The molecule has 2 unspecified atom stereocenters. The summed E-state index contributed by atoms with van der Waals surface area (Å²) in [6.45, 7) is 6.09. The third kappa shape index (κ3) is 3.39. The molecule has 23 heavy (non-hydrogen) atoms. The third-order valence-corrected chi connectivity index (χ3v) is 6.54. The van der Waals surface area contributed by atoms with Crippen LogP contribution in [0.5, 0.6) is 0 Å². The zero-order chi connectivity index (χ0) is 17.4. The van der Waals surface area contributed by atoms with Gasteiger partial charge in [0.1, 0.15) is 0 Å². The van der Waals surface area contributed by atoms with E-state index in [2.05, 4.69) is 6.92 Å². The second-order valence-corrected chi connectivity index (χ2v) is 8.16. The first kappa shape index (κ1) is 17.8. The molecule has 0 saturated carbocycles. The highest BCUT2D eigenvalue weighted by molar-refractivity contribution is 7.89. The summed E-state index contributed by atoms with van der Waals surface area (Å²) in [5.74, 6) is 0.393. The van der Waals surface area contributed by atoms with Crippen molar-refractivity contribution in [2.45, 2.75) is 44.6 Å². The van der Waals surface area contributed by atoms with Crippen LogP contribution in [-0.4, -0.2) is 36.8 Å². The molecule has 0 amide bonds. The van der Waals surface area contributed by atoms with E-state index < -0.39 is 14.9 Å². The van der Waals surface area contributed by atoms with E-state index in [0.29, 0.717) is 30.0 Å². The van der Waals surface area contributed by atoms with Gasteiger partial charge >= 0.3 is 0 Å². The highest BCUT2D eigenvalue weighted by Crippen LogP contribution is 2.33. The lowest BCUT2D eigenvalue weighted by molar-refractivity contribution is -0.387. The van der Waals surface area contributed by atoms with Gasteiger partial charge in [-0.05, 0) is 49.8 Å². The second kappa shape index (κ2) is 6.54. The summed E-state index contributed by atoms with van der Waals surface area (Å²) in [6, 6.07) is 2.41. The Balaban J connectivity index is 2.55. The number of piperidine rings is 1. The van der Waals surface area contributed by atoms with Crippen molar-refractivity contribution in [3.8, 4) is 0 Å². The molecule has 0 bridgehead atoms. The number of hydrogen-bond acceptors (Lipinski definition) is 5. The number of nitrogens with zero attached hydrogens (tertiary/aromatic N) is 2. The van der Waals surface area contributed by atoms with Crippen molar-refractivity contribution in [2.24, 2.45) is 11.7 Å². The molecule has 0 radical (unpaired) electrons. The van der Waals surface area contributed by atoms with Gasteiger partial charge in [0.05, 0.1) is 4.92 Å². The van der Waals surface area contributed by atoms with Crippen molar-refractivity contribution in [1.29, 1.82) is 0 Å². The summed E-state index contributed by atoms with van der Waals surface area (Å²) in [5.41, 5.74) is 6.77. The third-order valence-electron chi connectivity index (χ3n) is 4.55. The second-order valence-electron chi connectivity index (χ2n) is 6.30. The Morgan fingerprint density at radius 2 is 1.96 bits per heavy atom. The van der Waals surface area contributed by atoms with Gasteiger partial charge in [0.25, 0.3) is 5.69 Å². The molecule has 1 aliphatic rings. The first-order valence-corrected chi connectivity index (χ1v) is 9.10. The molecule has 1 aromatic carbocycles. The maximum atomic E-state index is 13.0. The van der Waals surface area contributed by atoms with E-state index in [4.69, 9.17) is 5.73 Å². The van der Waals surface area contributed by atoms with E-state index in [1.54, 1.807) is 13.8 Å². The van der Waals surface area contributed by atoms with Crippen molar-refractivity contribution < 1.29 is 13.3 Å². The zero-order valence-electron chi connectivity index (χ0n) is 13.7. The molecule has 1 heterocycles. The summed E-state index contributed by atoms with van der Waals surface area (Å²) in [4.78, 5) is 10.4. The summed E-state index contributed by atoms with van der Waals surface area (Å²) >= 11 is 0. The van der Waals surface area contributed by atoms with Crippen LogP contribution in [0.15, 0.2) is 17.0 Å². The fourth-order valence-electron chi connectivity index (χ4n) is 3.01. The van der Waals surface area contributed by atoms with Crippen LogP contribution in [0.2, 0.25) is 0 Å². The van der Waals surface area contributed by atoms with Gasteiger partial charge in [-0.3, -0.25) is 10.1 Å². The van der Waals surface area contributed by atoms with Crippen molar-refractivity contribution in [3.63, 3.8) is 0 Å². The molecule has 1 aliphatic heterocycles. The number of nitro groups is 1. The Labute approximate surface area is 136 Å². The summed E-state index contributed by atoms with van der Waals surface area (Å²) in [6.07, 6.45) is 1.41. The van der Waals surface area contributed by atoms with Crippen LogP contribution in [0.3, 0.4) is 0 Å². The lowest BCUT2D eigenvalue weighted by Crippen LogP contribution is -2.49. The van der Waals surface area contributed by atoms with Crippen LogP contribution in [0.4, 0.5) is 5.69 Å². The van der Waals surface area contributed by atoms with Gasteiger partial charge in [0.2, 0.25) is 10.0 Å². The number of nitro benzene ring substituents is 1. The normalized spacial score (nSPS) is 23.0. The molecule has 1 fully saturated rings. The molecule has 128 valence electrons. The standard InChI is InChI=1S/C15H23N3O4S/c1-10-4-5-17(13(6-10)9-16)23(21,22)15-8-12(3)11(2)7-14(15)18(19)20/h7-8,10,13H,4-6,9,16H2,1-3H3. The molecule has 2 atom stereocenters. The summed E-state index contributed by atoms with van der Waals surface area (Å²) < 4.78 is 27.4. The van der Waals surface area contributed by atoms with Gasteiger partial charge in [-0.2, -0.15) is 4.31 Å². The minimum atomic E-state index is -3.95. The molecule has 7 nitrogen and oxygen atoms in total. The quantitative estimate of drug-likeness (QED) is 0.665. The molecular formula is C15H23N3O4S. The van der Waals surface area contributed by atoms with Crippen molar-refractivity contribution in [1.82, 2.24) is 4.31 Å². The number of nitrogens with two attached hydrogens (primary N) is 1. The van der Waals surface area contributed by atoms with Crippen LogP contribution in [-0.2, 0) is 10.0 Å². The molecule has 0 spiro atoms. The Morgan fingerprint density at radius 3 is 2.52 bits per heavy atom. The van der Waals surface area contributed by atoms with Crippen LogP contribution >= 0.6 is 0 Å². The van der Waals surface area contributed by atoms with E-state index in [9.17, 15) is 18.5 Å². The van der Waals surface area contributed by atoms with Gasteiger partial charge in [-0.1, -0.05) is 6.92 Å². The average Bonchev–Trinajstić information content (AvgIpc) is 2.48. The number of rotatable bonds is 4. The van der Waals surface area contributed by atoms with Crippen molar-refractivity contribution in [2.75, 3.05) is 13.1 Å². The minimum absolute atomic E-state index is 0.211. The lowest BCUT2D eigenvalue weighted by Gasteiger charge is -2.36. The fourth-order valence-corrected chi connectivity index (χ4v) is 4.90. The predicted molar refractivity (Wildman–Crippen MR) is 87.7 cm³/mol. The number of aryl methyl sites for hydroxylation is 2. The highest BCUT2D eigenvalue weighted by atomic mass is 32.2. The Bertz CT molecular complexity index is 718. The number of benzene rings is 1.